The Morgan fingerprint density at radius 2 is 1.80 bits per heavy atom. The van der Waals surface area contributed by atoms with Crippen molar-refractivity contribution in [3.8, 4) is 0 Å². The third kappa shape index (κ3) is 8.89. The fraction of sp³-hybridized carbons (Fsp3) is 0.462. The molecule has 30 heavy (non-hydrogen) atoms. The van der Waals surface area contributed by atoms with E-state index in [1.165, 1.54) is 11.6 Å². The van der Waals surface area contributed by atoms with E-state index in [0.29, 0.717) is 22.6 Å². The maximum absolute atomic E-state index is 14.8. The van der Waals surface area contributed by atoms with E-state index in [0.717, 1.165) is 30.5 Å². The van der Waals surface area contributed by atoms with Gasteiger partial charge in [0.1, 0.15) is 5.82 Å². The molecule has 1 aromatic rings. The molecule has 0 saturated carbocycles. The topological polar surface area (TPSA) is 50.1 Å². The van der Waals surface area contributed by atoms with Crippen molar-refractivity contribution in [3.63, 3.8) is 0 Å². The number of benzene rings is 1. The van der Waals surface area contributed by atoms with Crippen LogP contribution in [0.1, 0.15) is 73.3 Å². The first kappa shape index (κ1) is 25.5. The second-order valence-corrected chi connectivity index (χ2v) is 9.46. The van der Waals surface area contributed by atoms with Crippen LogP contribution in [0.25, 0.3) is 5.70 Å². The largest absolute Gasteiger partial charge is 0.399 e. The number of rotatable bonds is 10. The number of allylic oxidation sites excluding steroid dienone is 4. The van der Waals surface area contributed by atoms with Crippen molar-refractivity contribution in [2.24, 2.45) is 11.1 Å². The minimum absolute atomic E-state index is 0.145. The number of hydrogen-bond donors (Lipinski definition) is 3. The fourth-order valence-electron chi connectivity index (χ4n) is 2.94. The standard InChI is InChI=1S/C26H40FN3/c1-10-18(4)14-21(13-17(2)3)30-24-16-25(23(27)15-22(24)20(6)28)29-19(5)11-12-26(7,8)9/h13-16,19,29-30H,2,6,10-12,28H2,1,3-5,7-9H3/b18-14+,21-13+. The third-order valence-corrected chi connectivity index (χ3v) is 4.82. The molecule has 0 aromatic heterocycles. The van der Waals surface area contributed by atoms with Crippen LogP contribution in [-0.4, -0.2) is 6.04 Å². The average molecular weight is 414 g/mol. The summed E-state index contributed by atoms with van der Waals surface area (Å²) in [6.45, 7) is 22.6. The lowest BCUT2D eigenvalue weighted by Crippen LogP contribution is -2.19. The number of anilines is 2. The van der Waals surface area contributed by atoms with Crippen molar-refractivity contribution in [3.05, 3.63) is 65.7 Å². The van der Waals surface area contributed by atoms with Crippen LogP contribution in [0, 0.1) is 11.2 Å². The van der Waals surface area contributed by atoms with Crippen LogP contribution in [0.2, 0.25) is 0 Å². The van der Waals surface area contributed by atoms with Crippen molar-refractivity contribution < 1.29 is 4.39 Å². The number of nitrogens with two attached hydrogens (primary N) is 1. The molecule has 4 N–H and O–H groups in total. The van der Waals surface area contributed by atoms with Crippen molar-refractivity contribution >= 4 is 17.1 Å². The molecular weight excluding hydrogens is 373 g/mol. The van der Waals surface area contributed by atoms with Gasteiger partial charge >= 0.3 is 0 Å². The van der Waals surface area contributed by atoms with Crippen molar-refractivity contribution in [2.45, 2.75) is 73.8 Å². The van der Waals surface area contributed by atoms with Gasteiger partial charge in [-0.1, -0.05) is 52.0 Å². The lowest BCUT2D eigenvalue weighted by molar-refractivity contribution is 0.356. The molecule has 1 atom stereocenters. The van der Waals surface area contributed by atoms with Crippen LogP contribution in [0.5, 0.6) is 0 Å². The van der Waals surface area contributed by atoms with E-state index in [4.69, 9.17) is 5.73 Å². The van der Waals surface area contributed by atoms with E-state index in [2.05, 4.69) is 71.4 Å². The lowest BCUT2D eigenvalue weighted by atomic mass is 9.89. The Hall–Kier alpha value is -2.49. The van der Waals surface area contributed by atoms with Gasteiger partial charge in [0.05, 0.1) is 11.4 Å². The molecule has 1 unspecified atom stereocenters. The smallest absolute Gasteiger partial charge is 0.147 e. The summed E-state index contributed by atoms with van der Waals surface area (Å²) in [4.78, 5) is 0. The zero-order valence-corrected chi connectivity index (χ0v) is 19.9. The first-order valence-corrected chi connectivity index (χ1v) is 10.7. The molecule has 0 aliphatic rings. The summed E-state index contributed by atoms with van der Waals surface area (Å²) in [5, 5.41) is 6.72. The highest BCUT2D eigenvalue weighted by atomic mass is 19.1. The van der Waals surface area contributed by atoms with Crippen LogP contribution in [-0.2, 0) is 0 Å². The van der Waals surface area contributed by atoms with E-state index in [1.54, 1.807) is 6.07 Å². The molecule has 166 valence electrons. The molecule has 0 saturated heterocycles. The van der Waals surface area contributed by atoms with Gasteiger partial charge in [-0.15, -0.1) is 0 Å². The van der Waals surface area contributed by atoms with Crippen LogP contribution in [0.3, 0.4) is 0 Å². The molecule has 0 spiro atoms. The predicted molar refractivity (Wildman–Crippen MR) is 132 cm³/mol. The van der Waals surface area contributed by atoms with E-state index in [-0.39, 0.29) is 17.3 Å². The fourth-order valence-corrected chi connectivity index (χ4v) is 2.94. The molecule has 0 heterocycles. The van der Waals surface area contributed by atoms with Gasteiger partial charge in [-0.2, -0.15) is 0 Å². The van der Waals surface area contributed by atoms with E-state index in [1.807, 2.05) is 13.0 Å². The van der Waals surface area contributed by atoms with Crippen LogP contribution in [0.4, 0.5) is 15.8 Å². The van der Waals surface area contributed by atoms with Crippen LogP contribution < -0.4 is 16.4 Å². The quantitative estimate of drug-likeness (QED) is 0.346. The highest BCUT2D eigenvalue weighted by Crippen LogP contribution is 2.30. The minimum Gasteiger partial charge on any atom is -0.399 e. The van der Waals surface area contributed by atoms with Gasteiger partial charge in [-0.3, -0.25) is 0 Å². The second kappa shape index (κ2) is 11.1. The third-order valence-electron chi connectivity index (χ3n) is 4.82. The van der Waals surface area contributed by atoms with Crippen LogP contribution in [0.15, 0.2) is 54.3 Å². The molecule has 1 rings (SSSR count). The molecule has 0 aliphatic heterocycles. The number of hydrogen-bond acceptors (Lipinski definition) is 3. The lowest BCUT2D eigenvalue weighted by Gasteiger charge is -2.23. The summed E-state index contributed by atoms with van der Waals surface area (Å²) >= 11 is 0. The maximum Gasteiger partial charge on any atom is 0.147 e. The summed E-state index contributed by atoms with van der Waals surface area (Å²) in [6.07, 6.45) is 6.98. The van der Waals surface area contributed by atoms with Gasteiger partial charge in [0, 0.05) is 23.0 Å². The van der Waals surface area contributed by atoms with Crippen LogP contribution >= 0.6 is 0 Å². The summed E-state index contributed by atoms with van der Waals surface area (Å²) in [5.74, 6) is -0.338. The van der Waals surface area contributed by atoms with Crippen molar-refractivity contribution in [1.82, 2.24) is 0 Å². The highest BCUT2D eigenvalue weighted by molar-refractivity contribution is 5.78. The molecule has 0 bridgehead atoms. The van der Waals surface area contributed by atoms with Gasteiger partial charge in [0.2, 0.25) is 0 Å². The van der Waals surface area contributed by atoms with E-state index in [9.17, 15) is 4.39 Å². The normalized spacial score (nSPS) is 13.7. The Morgan fingerprint density at radius 1 is 1.17 bits per heavy atom. The monoisotopic (exact) mass is 413 g/mol. The van der Waals surface area contributed by atoms with Gasteiger partial charge in [-0.25, -0.2) is 4.39 Å². The summed E-state index contributed by atoms with van der Waals surface area (Å²) in [5.41, 5.74) is 11.3. The van der Waals surface area contributed by atoms with Crippen molar-refractivity contribution in [1.29, 1.82) is 0 Å². The van der Waals surface area contributed by atoms with E-state index >= 15 is 0 Å². The average Bonchev–Trinajstić information content (AvgIpc) is 2.60. The van der Waals surface area contributed by atoms with E-state index < -0.39 is 0 Å². The summed E-state index contributed by atoms with van der Waals surface area (Å²) in [6, 6.07) is 3.36. The Kier molecular flexibility index (Phi) is 9.41. The SMILES string of the molecule is C=C(C)/C=C(\C=C(/C)CC)Nc1cc(NC(C)CCC(C)(C)C)c(F)cc1C(=C)N. The molecule has 0 amide bonds. The number of halogens is 1. The Labute approximate surface area is 183 Å². The first-order chi connectivity index (χ1) is 13.8. The number of nitrogens with one attached hydrogen (secondary N) is 2. The Bertz CT molecular complexity index is 825. The van der Waals surface area contributed by atoms with Gasteiger partial charge in [0.25, 0.3) is 0 Å². The zero-order chi connectivity index (χ0) is 23.1. The van der Waals surface area contributed by atoms with Gasteiger partial charge < -0.3 is 16.4 Å². The van der Waals surface area contributed by atoms with Gasteiger partial charge in [0.15, 0.2) is 0 Å². The van der Waals surface area contributed by atoms with Crippen molar-refractivity contribution in [2.75, 3.05) is 10.6 Å². The zero-order valence-electron chi connectivity index (χ0n) is 19.9. The highest BCUT2D eigenvalue weighted by Gasteiger charge is 2.16. The molecule has 0 radical (unpaired) electrons. The molecule has 4 heteroatoms. The summed E-state index contributed by atoms with van der Waals surface area (Å²) in [7, 11) is 0. The molecule has 3 nitrogen and oxygen atoms in total. The Morgan fingerprint density at radius 3 is 2.30 bits per heavy atom. The summed E-state index contributed by atoms with van der Waals surface area (Å²) < 4.78 is 14.8. The molecule has 1 aromatic carbocycles. The van der Waals surface area contributed by atoms with Gasteiger partial charge in [-0.05, 0) is 69.7 Å². The predicted octanol–water partition coefficient (Wildman–Crippen LogP) is 7.61. The molecule has 0 aliphatic carbocycles. The second-order valence-electron chi connectivity index (χ2n) is 9.46. The molecule has 0 fully saturated rings. The first-order valence-electron chi connectivity index (χ1n) is 10.7. The maximum atomic E-state index is 14.8. The molecular formula is C26H40FN3. The minimum atomic E-state index is -0.338. The Balaban J connectivity index is 3.27.